The van der Waals surface area contributed by atoms with Crippen molar-refractivity contribution in [3.8, 4) is 0 Å². The average molecular weight is 273 g/mol. The van der Waals surface area contributed by atoms with E-state index in [9.17, 15) is 0 Å². The molecule has 0 amide bonds. The number of nitrogens with zero attached hydrogens (tertiary/aromatic N) is 2. The standard InChI is InChI=1S/C17H27N3/c1-13-4-3-5-17(14(13)2)20-10-8-19(9-11-20)16-7-6-15(18)12-16/h3-5,15-16H,6-12,18H2,1-2H3. The van der Waals surface area contributed by atoms with Crippen molar-refractivity contribution >= 4 is 5.69 Å². The minimum absolute atomic E-state index is 0.442. The van der Waals surface area contributed by atoms with Crippen molar-refractivity contribution in [3.63, 3.8) is 0 Å². The highest BCUT2D eigenvalue weighted by Crippen LogP contribution is 2.27. The van der Waals surface area contributed by atoms with Crippen LogP contribution in [0.4, 0.5) is 5.69 Å². The van der Waals surface area contributed by atoms with Crippen LogP contribution in [0.2, 0.25) is 0 Å². The van der Waals surface area contributed by atoms with Gasteiger partial charge in [-0.05, 0) is 50.3 Å². The van der Waals surface area contributed by atoms with Crippen molar-refractivity contribution in [2.45, 2.75) is 45.2 Å². The van der Waals surface area contributed by atoms with E-state index in [4.69, 9.17) is 5.73 Å². The first-order chi connectivity index (χ1) is 9.65. The van der Waals surface area contributed by atoms with Gasteiger partial charge in [0.2, 0.25) is 0 Å². The van der Waals surface area contributed by atoms with E-state index in [0.29, 0.717) is 6.04 Å². The Kier molecular flexibility index (Phi) is 3.99. The first kappa shape index (κ1) is 13.9. The summed E-state index contributed by atoms with van der Waals surface area (Å²) in [6.45, 7) is 9.11. The maximum atomic E-state index is 6.05. The predicted molar refractivity (Wildman–Crippen MR) is 85.3 cm³/mol. The van der Waals surface area contributed by atoms with Crippen LogP contribution in [0.3, 0.4) is 0 Å². The maximum Gasteiger partial charge on any atom is 0.0399 e. The number of anilines is 1. The number of piperazine rings is 1. The lowest BCUT2D eigenvalue weighted by Gasteiger charge is -2.39. The first-order valence-corrected chi connectivity index (χ1v) is 7.96. The number of benzene rings is 1. The van der Waals surface area contributed by atoms with Crippen molar-refractivity contribution in [3.05, 3.63) is 29.3 Å². The van der Waals surface area contributed by atoms with Crippen LogP contribution in [0.25, 0.3) is 0 Å². The van der Waals surface area contributed by atoms with Gasteiger partial charge in [0.25, 0.3) is 0 Å². The molecule has 20 heavy (non-hydrogen) atoms. The van der Waals surface area contributed by atoms with E-state index >= 15 is 0 Å². The van der Waals surface area contributed by atoms with E-state index in [-0.39, 0.29) is 0 Å². The molecule has 2 N–H and O–H groups in total. The highest BCUT2D eigenvalue weighted by molar-refractivity contribution is 5.56. The normalized spacial score (nSPS) is 28.1. The Morgan fingerprint density at radius 1 is 1.05 bits per heavy atom. The lowest BCUT2D eigenvalue weighted by molar-refractivity contribution is 0.186. The summed E-state index contributed by atoms with van der Waals surface area (Å²) in [4.78, 5) is 5.21. The van der Waals surface area contributed by atoms with Crippen molar-refractivity contribution in [2.24, 2.45) is 5.73 Å². The topological polar surface area (TPSA) is 32.5 Å². The number of aryl methyl sites for hydroxylation is 1. The summed E-state index contributed by atoms with van der Waals surface area (Å²) >= 11 is 0. The van der Waals surface area contributed by atoms with Crippen LogP contribution in [-0.2, 0) is 0 Å². The van der Waals surface area contributed by atoms with Gasteiger partial charge in [0.15, 0.2) is 0 Å². The van der Waals surface area contributed by atoms with Gasteiger partial charge in [0, 0.05) is 44.0 Å². The average Bonchev–Trinajstić information content (AvgIpc) is 2.89. The van der Waals surface area contributed by atoms with Gasteiger partial charge < -0.3 is 10.6 Å². The molecule has 1 saturated carbocycles. The smallest absolute Gasteiger partial charge is 0.0399 e. The minimum atomic E-state index is 0.442. The SMILES string of the molecule is Cc1cccc(N2CCN(C3CCC(N)C3)CC2)c1C. The monoisotopic (exact) mass is 273 g/mol. The number of rotatable bonds is 2. The van der Waals surface area contributed by atoms with Crippen molar-refractivity contribution in [2.75, 3.05) is 31.1 Å². The predicted octanol–water partition coefficient (Wildman–Crippen LogP) is 2.31. The molecule has 110 valence electrons. The lowest BCUT2D eigenvalue weighted by atomic mass is 10.1. The van der Waals surface area contributed by atoms with E-state index in [2.05, 4.69) is 41.8 Å². The van der Waals surface area contributed by atoms with Crippen molar-refractivity contribution in [1.82, 2.24) is 4.90 Å². The Bertz CT molecular complexity index is 463. The fourth-order valence-corrected chi connectivity index (χ4v) is 3.73. The molecule has 3 nitrogen and oxygen atoms in total. The highest BCUT2D eigenvalue weighted by atomic mass is 15.3. The first-order valence-electron chi connectivity index (χ1n) is 7.96. The van der Waals surface area contributed by atoms with Crippen LogP contribution < -0.4 is 10.6 Å². The molecule has 3 heteroatoms. The van der Waals surface area contributed by atoms with Gasteiger partial charge in [-0.15, -0.1) is 0 Å². The van der Waals surface area contributed by atoms with Crippen molar-refractivity contribution in [1.29, 1.82) is 0 Å². The summed E-state index contributed by atoms with van der Waals surface area (Å²) in [5, 5.41) is 0. The zero-order valence-electron chi connectivity index (χ0n) is 12.8. The number of hydrogen-bond acceptors (Lipinski definition) is 3. The van der Waals surface area contributed by atoms with Gasteiger partial charge in [-0.25, -0.2) is 0 Å². The summed E-state index contributed by atoms with van der Waals surface area (Å²) in [5.41, 5.74) is 10.3. The molecule has 1 aliphatic carbocycles. The van der Waals surface area contributed by atoms with Crippen LogP contribution in [0.1, 0.15) is 30.4 Å². The van der Waals surface area contributed by atoms with Gasteiger partial charge in [-0.3, -0.25) is 4.90 Å². The second-order valence-electron chi connectivity index (χ2n) is 6.47. The van der Waals surface area contributed by atoms with E-state index in [1.165, 1.54) is 49.2 Å². The molecule has 2 fully saturated rings. The summed E-state index contributed by atoms with van der Waals surface area (Å²) in [5.74, 6) is 0. The zero-order chi connectivity index (χ0) is 14.1. The van der Waals surface area contributed by atoms with Crippen LogP contribution in [0.5, 0.6) is 0 Å². The van der Waals surface area contributed by atoms with Gasteiger partial charge in [-0.2, -0.15) is 0 Å². The third-order valence-electron chi connectivity index (χ3n) is 5.19. The lowest BCUT2D eigenvalue weighted by Crippen LogP contribution is -2.50. The Labute approximate surface area is 122 Å². The van der Waals surface area contributed by atoms with Crippen molar-refractivity contribution < 1.29 is 0 Å². The second kappa shape index (κ2) is 5.74. The molecule has 0 radical (unpaired) electrons. The van der Waals surface area contributed by atoms with Gasteiger partial charge >= 0.3 is 0 Å². The molecule has 3 rings (SSSR count). The molecule has 0 bridgehead atoms. The van der Waals surface area contributed by atoms with Crippen LogP contribution in [-0.4, -0.2) is 43.2 Å². The van der Waals surface area contributed by atoms with Crippen LogP contribution in [0.15, 0.2) is 18.2 Å². The molecule has 1 saturated heterocycles. The molecular weight excluding hydrogens is 246 g/mol. The second-order valence-corrected chi connectivity index (χ2v) is 6.47. The molecule has 1 heterocycles. The molecule has 2 atom stereocenters. The van der Waals surface area contributed by atoms with Gasteiger partial charge in [-0.1, -0.05) is 12.1 Å². The van der Waals surface area contributed by atoms with Crippen LogP contribution >= 0.6 is 0 Å². The quantitative estimate of drug-likeness (QED) is 0.897. The Morgan fingerprint density at radius 3 is 2.45 bits per heavy atom. The molecule has 0 aromatic heterocycles. The molecule has 2 unspecified atom stereocenters. The summed E-state index contributed by atoms with van der Waals surface area (Å²) in [6, 6.07) is 7.83. The summed E-state index contributed by atoms with van der Waals surface area (Å²) in [7, 11) is 0. The molecular formula is C17H27N3. The molecule has 1 aliphatic heterocycles. The highest BCUT2D eigenvalue weighted by Gasteiger charge is 2.29. The van der Waals surface area contributed by atoms with Gasteiger partial charge in [0.05, 0.1) is 0 Å². The van der Waals surface area contributed by atoms with Gasteiger partial charge in [0.1, 0.15) is 0 Å². The van der Waals surface area contributed by atoms with E-state index in [1.807, 2.05) is 0 Å². The van der Waals surface area contributed by atoms with E-state index in [1.54, 1.807) is 0 Å². The Balaban J connectivity index is 1.62. The minimum Gasteiger partial charge on any atom is -0.369 e. The molecule has 1 aromatic carbocycles. The largest absolute Gasteiger partial charge is 0.369 e. The maximum absolute atomic E-state index is 6.05. The number of nitrogens with two attached hydrogens (primary N) is 1. The molecule has 1 aromatic rings. The summed E-state index contributed by atoms with van der Waals surface area (Å²) < 4.78 is 0. The Hall–Kier alpha value is -1.06. The molecule has 2 aliphatic rings. The third kappa shape index (κ3) is 2.70. The van der Waals surface area contributed by atoms with E-state index in [0.717, 1.165) is 19.1 Å². The fraction of sp³-hybridized carbons (Fsp3) is 0.647. The Morgan fingerprint density at radius 2 is 1.80 bits per heavy atom. The fourth-order valence-electron chi connectivity index (χ4n) is 3.73. The molecule has 0 spiro atoms. The summed E-state index contributed by atoms with van der Waals surface area (Å²) in [6.07, 6.45) is 3.70. The van der Waals surface area contributed by atoms with Crippen LogP contribution in [0, 0.1) is 13.8 Å². The van der Waals surface area contributed by atoms with E-state index < -0.39 is 0 Å². The number of hydrogen-bond donors (Lipinski definition) is 1. The third-order valence-corrected chi connectivity index (χ3v) is 5.19. The zero-order valence-corrected chi connectivity index (χ0v) is 12.8.